The third-order valence-corrected chi connectivity index (χ3v) is 0.586. The van der Waals surface area contributed by atoms with E-state index in [4.69, 9.17) is 0 Å². The van der Waals surface area contributed by atoms with Gasteiger partial charge in [0, 0.05) is 25.8 Å². The summed E-state index contributed by atoms with van der Waals surface area (Å²) in [7, 11) is 0. The average Bonchev–Trinajstić information content (AvgIpc) is 2.44. The summed E-state index contributed by atoms with van der Waals surface area (Å²) in [6, 6.07) is 0. The molecule has 82 valence electrons. The van der Waals surface area contributed by atoms with Crippen LogP contribution in [0.25, 0.3) is 0 Å². The molecular formula is C11H15Cl2Hf-5. The Morgan fingerprint density at radius 3 is 1.57 bits per heavy atom. The normalized spacial score (nSPS) is 8.00. The second-order valence-corrected chi connectivity index (χ2v) is 1.58. The van der Waals surface area contributed by atoms with Crippen LogP contribution in [-0.2, 0) is 25.8 Å². The maximum absolute atomic E-state index is 3.25. The van der Waals surface area contributed by atoms with E-state index in [1.807, 2.05) is 12.2 Å². The fourth-order valence-corrected chi connectivity index (χ4v) is 0.340. The van der Waals surface area contributed by atoms with E-state index in [-0.39, 0.29) is 50.7 Å². The van der Waals surface area contributed by atoms with Crippen LogP contribution in [0.5, 0.6) is 0 Å². The fraction of sp³-hybridized carbons (Fsp3) is 0.0909. The second-order valence-electron chi connectivity index (χ2n) is 1.58. The molecule has 0 amide bonds. The SMILES string of the molecule is C=C[CH2-].C=C[CH2-].[C-]1=CC=CC1.[Cl-].[Cl-].[Hf]. The topological polar surface area (TPSA) is 0 Å². The minimum atomic E-state index is 0. The first-order valence-electron chi connectivity index (χ1n) is 3.35. The predicted molar refractivity (Wildman–Crippen MR) is 52.7 cm³/mol. The monoisotopic (exact) mass is 397 g/mol. The Morgan fingerprint density at radius 1 is 1.14 bits per heavy atom. The van der Waals surface area contributed by atoms with Gasteiger partial charge in [0.25, 0.3) is 0 Å². The Balaban J connectivity index is -0.0000000276. The molecule has 1 rings (SSSR count). The Bertz CT molecular complexity index is 124. The molecule has 0 aromatic heterocycles. The largest absolute Gasteiger partial charge is 1.00 e. The first-order chi connectivity index (χ1) is 5.33. The van der Waals surface area contributed by atoms with Gasteiger partial charge in [-0.3, -0.25) is 6.08 Å². The van der Waals surface area contributed by atoms with Gasteiger partial charge in [0.2, 0.25) is 0 Å². The van der Waals surface area contributed by atoms with Crippen molar-refractivity contribution in [2.24, 2.45) is 0 Å². The van der Waals surface area contributed by atoms with E-state index in [1.54, 1.807) is 0 Å². The van der Waals surface area contributed by atoms with Gasteiger partial charge >= 0.3 is 0 Å². The van der Waals surface area contributed by atoms with Gasteiger partial charge in [-0.2, -0.15) is 6.08 Å². The van der Waals surface area contributed by atoms with Gasteiger partial charge in [0.1, 0.15) is 0 Å². The standard InChI is InChI=1S/C5H5.2C3H5.2ClH.Hf/c1-2-4-5-3-1;2*1-3-2;;;/h1-3H,4H2;2*3H,1-2H2;2*1H;/q3*-1;;;/p-2. The quantitative estimate of drug-likeness (QED) is 0.309. The zero-order chi connectivity index (χ0) is 8.95. The molecule has 1 aliphatic carbocycles. The van der Waals surface area contributed by atoms with E-state index < -0.39 is 0 Å². The Kier molecular flexibility index (Phi) is 79.3. The van der Waals surface area contributed by atoms with Crippen LogP contribution in [0.15, 0.2) is 43.5 Å². The van der Waals surface area contributed by atoms with Crippen LogP contribution in [0.1, 0.15) is 6.42 Å². The summed E-state index contributed by atoms with van der Waals surface area (Å²) < 4.78 is 0. The molecule has 0 bridgehead atoms. The van der Waals surface area contributed by atoms with Crippen molar-refractivity contribution in [2.75, 3.05) is 0 Å². The molecule has 3 heteroatoms. The van der Waals surface area contributed by atoms with Gasteiger partial charge in [-0.1, -0.05) is 0 Å². The third-order valence-electron chi connectivity index (χ3n) is 0.586. The number of allylic oxidation sites excluding steroid dienone is 6. The molecule has 0 fully saturated rings. The van der Waals surface area contributed by atoms with Crippen molar-refractivity contribution in [1.82, 2.24) is 0 Å². The van der Waals surface area contributed by atoms with Gasteiger partial charge in [-0.05, 0) is 0 Å². The number of hydrogen-bond acceptors (Lipinski definition) is 0. The summed E-state index contributed by atoms with van der Waals surface area (Å²) in [6.45, 7) is 13.0. The molecule has 0 spiro atoms. The van der Waals surface area contributed by atoms with Crippen LogP contribution >= 0.6 is 0 Å². The van der Waals surface area contributed by atoms with Gasteiger partial charge in [0.15, 0.2) is 0 Å². The molecule has 0 aromatic carbocycles. The zero-order valence-corrected chi connectivity index (χ0v) is 13.3. The maximum Gasteiger partial charge on any atom is 0 e. The molecular weight excluding hydrogens is 382 g/mol. The van der Waals surface area contributed by atoms with Crippen LogP contribution in [-0.4, -0.2) is 0 Å². The minimum absolute atomic E-state index is 0. The summed E-state index contributed by atoms with van der Waals surface area (Å²) in [4.78, 5) is 0. The molecule has 0 unspecified atom stereocenters. The summed E-state index contributed by atoms with van der Waals surface area (Å²) in [6.07, 6.45) is 13.0. The summed E-state index contributed by atoms with van der Waals surface area (Å²) in [5.74, 6) is 0. The number of halogens is 2. The van der Waals surface area contributed by atoms with E-state index in [0.29, 0.717) is 0 Å². The first kappa shape index (κ1) is 29.2. The molecule has 0 nitrogen and oxygen atoms in total. The summed E-state index contributed by atoms with van der Waals surface area (Å²) in [5.41, 5.74) is 0. The fourth-order valence-electron chi connectivity index (χ4n) is 0.340. The zero-order valence-electron chi connectivity index (χ0n) is 8.18. The van der Waals surface area contributed by atoms with Crippen LogP contribution in [0.4, 0.5) is 0 Å². The van der Waals surface area contributed by atoms with Crippen molar-refractivity contribution in [1.29, 1.82) is 0 Å². The van der Waals surface area contributed by atoms with Crippen LogP contribution in [0, 0.1) is 19.9 Å². The van der Waals surface area contributed by atoms with Crippen molar-refractivity contribution in [3.05, 3.63) is 63.5 Å². The molecule has 0 heterocycles. The van der Waals surface area contributed by atoms with Crippen molar-refractivity contribution in [3.63, 3.8) is 0 Å². The second kappa shape index (κ2) is 38.0. The molecule has 1 aliphatic rings. The summed E-state index contributed by atoms with van der Waals surface area (Å²) >= 11 is 0. The van der Waals surface area contributed by atoms with E-state index >= 15 is 0 Å². The molecule has 14 heavy (non-hydrogen) atoms. The number of rotatable bonds is 0. The third kappa shape index (κ3) is 57.0. The van der Waals surface area contributed by atoms with E-state index in [9.17, 15) is 0 Å². The Morgan fingerprint density at radius 2 is 1.50 bits per heavy atom. The van der Waals surface area contributed by atoms with E-state index in [1.165, 1.54) is 12.2 Å². The Hall–Kier alpha value is 0.150. The van der Waals surface area contributed by atoms with Gasteiger partial charge in [-0.15, -0.1) is 6.42 Å². The van der Waals surface area contributed by atoms with Crippen molar-refractivity contribution in [3.8, 4) is 0 Å². The first-order valence-corrected chi connectivity index (χ1v) is 3.35. The molecule has 0 aliphatic heterocycles. The van der Waals surface area contributed by atoms with Gasteiger partial charge < -0.3 is 24.8 Å². The van der Waals surface area contributed by atoms with Gasteiger partial charge in [-0.25, -0.2) is 51.3 Å². The van der Waals surface area contributed by atoms with Crippen molar-refractivity contribution in [2.45, 2.75) is 6.42 Å². The average molecular weight is 397 g/mol. The molecule has 0 radical (unpaired) electrons. The molecule has 0 atom stereocenters. The molecule has 0 saturated heterocycles. The van der Waals surface area contributed by atoms with Crippen LogP contribution < -0.4 is 24.8 Å². The minimum Gasteiger partial charge on any atom is -1.00 e. The number of hydrogen-bond donors (Lipinski definition) is 0. The molecule has 0 saturated carbocycles. The molecule has 0 N–H and O–H groups in total. The van der Waals surface area contributed by atoms with Gasteiger partial charge in [0.05, 0.1) is 0 Å². The smallest absolute Gasteiger partial charge is 0 e. The summed E-state index contributed by atoms with van der Waals surface area (Å²) in [5, 5.41) is 0. The predicted octanol–water partition coefficient (Wildman–Crippen LogP) is -2.68. The Labute approximate surface area is 120 Å². The van der Waals surface area contributed by atoms with E-state index in [0.717, 1.165) is 6.42 Å². The van der Waals surface area contributed by atoms with E-state index in [2.05, 4.69) is 39.2 Å². The molecule has 0 aromatic rings. The van der Waals surface area contributed by atoms with Crippen molar-refractivity contribution >= 4 is 0 Å². The van der Waals surface area contributed by atoms with Crippen LogP contribution in [0.2, 0.25) is 0 Å². The van der Waals surface area contributed by atoms with Crippen molar-refractivity contribution < 1.29 is 50.7 Å². The maximum atomic E-state index is 3.25. The van der Waals surface area contributed by atoms with Crippen LogP contribution in [0.3, 0.4) is 0 Å².